The molecule has 3 rings (SSSR count). The summed E-state index contributed by atoms with van der Waals surface area (Å²) in [5, 5.41) is 11.4. The lowest BCUT2D eigenvalue weighted by Gasteiger charge is -2.26. The molecule has 1 N–H and O–H groups in total. The number of Topliss-reactive ketones (excluding diaryl/α,β-unsaturated/α-hetero) is 1. The molecule has 0 radical (unpaired) electrons. The number of methoxy groups -OCH3 is 3. The van der Waals surface area contributed by atoms with Gasteiger partial charge < -0.3 is 29.0 Å². The second-order valence-corrected chi connectivity index (χ2v) is 8.08. The van der Waals surface area contributed by atoms with Crippen LogP contribution in [0.4, 0.5) is 0 Å². The molecule has 1 aliphatic heterocycles. The number of ether oxygens (including phenoxy) is 4. The fourth-order valence-electron chi connectivity index (χ4n) is 4.04. The average molecular weight is 470 g/mol. The van der Waals surface area contributed by atoms with Crippen molar-refractivity contribution in [2.45, 2.75) is 32.4 Å². The summed E-state index contributed by atoms with van der Waals surface area (Å²) < 4.78 is 21.8. The molecule has 2 aromatic rings. The van der Waals surface area contributed by atoms with E-state index in [9.17, 15) is 14.7 Å². The molecule has 1 saturated heterocycles. The standard InChI is InChI=1S/C26H31NO7/c1-16(2)34-14-8-13-27-23(17-9-6-10-18(15-17)31-3)22(25(29)26(27)30)24(28)21-19(32-4)11-7-12-20(21)33-5/h6-7,9-12,15-16,23,28H,8,13-14H2,1-5H3/b24-22+. The Hall–Kier alpha value is -3.52. The Kier molecular flexibility index (Phi) is 8.17. The van der Waals surface area contributed by atoms with E-state index in [1.54, 1.807) is 49.6 Å². The van der Waals surface area contributed by atoms with Crippen molar-refractivity contribution < 1.29 is 33.6 Å². The molecule has 34 heavy (non-hydrogen) atoms. The van der Waals surface area contributed by atoms with Crippen molar-refractivity contribution in [3.8, 4) is 17.2 Å². The van der Waals surface area contributed by atoms with Crippen LogP contribution in [0.3, 0.4) is 0 Å². The lowest BCUT2D eigenvalue weighted by Crippen LogP contribution is -2.31. The third-order valence-corrected chi connectivity index (χ3v) is 5.61. The summed E-state index contributed by atoms with van der Waals surface area (Å²) in [6.45, 7) is 4.58. The number of nitrogens with zero attached hydrogens (tertiary/aromatic N) is 1. The monoisotopic (exact) mass is 469 g/mol. The SMILES string of the molecule is COc1cccc(C2/C(=C(\O)c3c(OC)cccc3OC)C(=O)C(=O)N2CCCOC(C)C)c1. The fraction of sp³-hybridized carbons (Fsp3) is 0.385. The molecule has 0 aliphatic carbocycles. The Labute approximate surface area is 199 Å². The highest BCUT2D eigenvalue weighted by Crippen LogP contribution is 2.43. The lowest BCUT2D eigenvalue weighted by molar-refractivity contribution is -0.140. The van der Waals surface area contributed by atoms with Crippen LogP contribution < -0.4 is 14.2 Å². The predicted octanol–water partition coefficient (Wildman–Crippen LogP) is 3.95. The van der Waals surface area contributed by atoms with Crippen LogP contribution in [0, 0.1) is 0 Å². The van der Waals surface area contributed by atoms with Gasteiger partial charge in [-0.05, 0) is 50.1 Å². The van der Waals surface area contributed by atoms with Crippen molar-refractivity contribution in [1.82, 2.24) is 4.90 Å². The number of aliphatic hydroxyl groups excluding tert-OH is 1. The van der Waals surface area contributed by atoms with Gasteiger partial charge in [0.05, 0.1) is 39.0 Å². The molecule has 2 aromatic carbocycles. The summed E-state index contributed by atoms with van der Waals surface area (Å²) in [5.74, 6) is -0.617. The van der Waals surface area contributed by atoms with Gasteiger partial charge in [-0.15, -0.1) is 0 Å². The van der Waals surface area contributed by atoms with E-state index in [1.165, 1.54) is 19.1 Å². The van der Waals surface area contributed by atoms with E-state index in [0.717, 1.165) is 0 Å². The minimum atomic E-state index is -0.816. The Balaban J connectivity index is 2.16. The Morgan fingerprint density at radius 3 is 2.24 bits per heavy atom. The van der Waals surface area contributed by atoms with Crippen molar-refractivity contribution in [2.24, 2.45) is 0 Å². The summed E-state index contributed by atoms with van der Waals surface area (Å²) >= 11 is 0. The molecule has 1 aliphatic rings. The highest BCUT2D eigenvalue weighted by atomic mass is 16.5. The Morgan fingerprint density at radius 1 is 1.00 bits per heavy atom. The van der Waals surface area contributed by atoms with Crippen molar-refractivity contribution in [3.63, 3.8) is 0 Å². The van der Waals surface area contributed by atoms with Crippen LogP contribution >= 0.6 is 0 Å². The molecule has 1 atom stereocenters. The second kappa shape index (κ2) is 11.1. The topological polar surface area (TPSA) is 94.5 Å². The number of amides is 1. The van der Waals surface area contributed by atoms with Crippen LogP contribution in [0.25, 0.3) is 5.76 Å². The highest BCUT2D eigenvalue weighted by molar-refractivity contribution is 6.46. The molecule has 8 heteroatoms. The summed E-state index contributed by atoms with van der Waals surface area (Å²) in [7, 11) is 4.45. The van der Waals surface area contributed by atoms with Crippen LogP contribution in [-0.4, -0.2) is 62.3 Å². The second-order valence-electron chi connectivity index (χ2n) is 8.08. The molecule has 1 heterocycles. The number of ketones is 1. The Morgan fingerprint density at radius 2 is 1.65 bits per heavy atom. The van der Waals surface area contributed by atoms with Crippen LogP contribution in [0.15, 0.2) is 48.0 Å². The molecule has 0 saturated carbocycles. The summed E-state index contributed by atoms with van der Waals surface area (Å²) in [6.07, 6.45) is 0.589. The minimum Gasteiger partial charge on any atom is -0.506 e. The summed E-state index contributed by atoms with van der Waals surface area (Å²) in [4.78, 5) is 27.8. The van der Waals surface area contributed by atoms with E-state index in [-0.39, 0.29) is 29.5 Å². The maximum atomic E-state index is 13.3. The first-order valence-corrected chi connectivity index (χ1v) is 11.1. The number of likely N-dealkylation sites (tertiary alicyclic amines) is 1. The molecule has 1 amide bonds. The molecule has 1 unspecified atom stereocenters. The largest absolute Gasteiger partial charge is 0.506 e. The van der Waals surface area contributed by atoms with Gasteiger partial charge in [0, 0.05) is 13.2 Å². The molecule has 182 valence electrons. The van der Waals surface area contributed by atoms with E-state index in [2.05, 4.69) is 0 Å². The van der Waals surface area contributed by atoms with Gasteiger partial charge in [0.25, 0.3) is 11.7 Å². The quantitative estimate of drug-likeness (QED) is 0.244. The van der Waals surface area contributed by atoms with Gasteiger partial charge in [-0.25, -0.2) is 0 Å². The minimum absolute atomic E-state index is 0.0363. The van der Waals surface area contributed by atoms with Gasteiger partial charge in [-0.1, -0.05) is 18.2 Å². The first-order chi connectivity index (χ1) is 16.3. The van der Waals surface area contributed by atoms with Gasteiger partial charge in [0.1, 0.15) is 28.6 Å². The third kappa shape index (κ3) is 5.02. The lowest BCUT2D eigenvalue weighted by atomic mass is 9.94. The Bertz CT molecular complexity index is 1050. The van der Waals surface area contributed by atoms with Gasteiger partial charge in [-0.2, -0.15) is 0 Å². The van der Waals surface area contributed by atoms with Crippen LogP contribution in [-0.2, 0) is 14.3 Å². The smallest absolute Gasteiger partial charge is 0.295 e. The normalized spacial score (nSPS) is 17.4. The molecule has 0 aromatic heterocycles. The first kappa shape index (κ1) is 25.1. The number of rotatable bonds is 10. The first-order valence-electron chi connectivity index (χ1n) is 11.1. The zero-order chi connectivity index (χ0) is 24.8. The molecular formula is C26H31NO7. The maximum Gasteiger partial charge on any atom is 0.295 e. The summed E-state index contributed by atoms with van der Waals surface area (Å²) in [6, 6.07) is 11.3. The molecule has 8 nitrogen and oxygen atoms in total. The van der Waals surface area contributed by atoms with Crippen molar-refractivity contribution in [2.75, 3.05) is 34.5 Å². The highest BCUT2D eigenvalue weighted by Gasteiger charge is 2.46. The van der Waals surface area contributed by atoms with E-state index in [0.29, 0.717) is 35.8 Å². The fourth-order valence-corrected chi connectivity index (χ4v) is 4.04. The van der Waals surface area contributed by atoms with Gasteiger partial charge in [0.2, 0.25) is 0 Å². The third-order valence-electron chi connectivity index (χ3n) is 5.61. The number of aliphatic hydroxyl groups is 1. The average Bonchev–Trinajstić information content (AvgIpc) is 3.10. The van der Waals surface area contributed by atoms with Crippen LogP contribution in [0.1, 0.15) is 37.4 Å². The summed E-state index contributed by atoms with van der Waals surface area (Å²) in [5.41, 5.74) is 0.811. The zero-order valence-electron chi connectivity index (χ0n) is 20.2. The van der Waals surface area contributed by atoms with E-state index < -0.39 is 17.7 Å². The predicted molar refractivity (Wildman–Crippen MR) is 127 cm³/mol. The number of hydrogen-bond donors (Lipinski definition) is 1. The molecule has 0 bridgehead atoms. The number of carbonyl (C=O) groups is 2. The van der Waals surface area contributed by atoms with Crippen LogP contribution in [0.5, 0.6) is 17.2 Å². The molecular weight excluding hydrogens is 438 g/mol. The van der Waals surface area contributed by atoms with Crippen molar-refractivity contribution in [1.29, 1.82) is 0 Å². The zero-order valence-corrected chi connectivity index (χ0v) is 20.2. The van der Waals surface area contributed by atoms with E-state index >= 15 is 0 Å². The molecule has 0 spiro atoms. The molecule has 1 fully saturated rings. The number of carbonyl (C=O) groups excluding carboxylic acids is 2. The van der Waals surface area contributed by atoms with E-state index in [1.807, 2.05) is 13.8 Å². The van der Waals surface area contributed by atoms with Crippen molar-refractivity contribution in [3.05, 3.63) is 59.2 Å². The van der Waals surface area contributed by atoms with Crippen molar-refractivity contribution >= 4 is 17.4 Å². The number of benzene rings is 2. The van der Waals surface area contributed by atoms with Crippen LogP contribution in [0.2, 0.25) is 0 Å². The van der Waals surface area contributed by atoms with Gasteiger partial charge in [-0.3, -0.25) is 9.59 Å². The maximum absolute atomic E-state index is 13.3. The van der Waals surface area contributed by atoms with E-state index in [4.69, 9.17) is 18.9 Å². The van der Waals surface area contributed by atoms with Gasteiger partial charge in [0.15, 0.2) is 0 Å². The number of hydrogen-bond acceptors (Lipinski definition) is 7. The van der Waals surface area contributed by atoms with Gasteiger partial charge >= 0.3 is 0 Å².